The van der Waals surface area contributed by atoms with Crippen LogP contribution in [0, 0.1) is 5.92 Å². The predicted octanol–water partition coefficient (Wildman–Crippen LogP) is 2.63. The van der Waals surface area contributed by atoms with Crippen LogP contribution in [0.4, 0.5) is 0 Å². The number of rotatable bonds is 4. The molecule has 2 aliphatic carbocycles. The summed E-state index contributed by atoms with van der Waals surface area (Å²) in [7, 11) is 0. The fourth-order valence-corrected chi connectivity index (χ4v) is 3.27. The molecule has 0 aromatic heterocycles. The second kappa shape index (κ2) is 6.41. The van der Waals surface area contributed by atoms with Crippen molar-refractivity contribution in [3.63, 3.8) is 0 Å². The zero-order valence-corrected chi connectivity index (χ0v) is 10.3. The Balaban J connectivity index is 1.95. The van der Waals surface area contributed by atoms with E-state index in [2.05, 4.69) is 11.4 Å². The van der Waals surface area contributed by atoms with Crippen molar-refractivity contribution in [2.75, 3.05) is 13.2 Å². The van der Waals surface area contributed by atoms with Crippen molar-refractivity contribution in [1.82, 2.24) is 5.32 Å². The van der Waals surface area contributed by atoms with Crippen LogP contribution in [-0.2, 0) is 0 Å². The first kappa shape index (κ1) is 12.1. The molecular weight excluding hydrogens is 198 g/mol. The lowest BCUT2D eigenvalue weighted by Gasteiger charge is -2.35. The molecule has 0 heterocycles. The zero-order valence-electron chi connectivity index (χ0n) is 10.3. The molecule has 16 heavy (non-hydrogen) atoms. The summed E-state index contributed by atoms with van der Waals surface area (Å²) in [6, 6.07) is 0.630. The molecule has 2 nitrogen and oxygen atoms in total. The minimum atomic E-state index is 0.266. The van der Waals surface area contributed by atoms with Gasteiger partial charge in [-0.15, -0.1) is 0 Å². The summed E-state index contributed by atoms with van der Waals surface area (Å²) in [6.45, 7) is 1.02. The molecule has 2 heteroatoms. The van der Waals surface area contributed by atoms with Crippen LogP contribution in [0.25, 0.3) is 0 Å². The standard InChI is InChI=1S/C14H25NO/c16-11-10-15-14-9-5-4-8-13(14)12-6-2-1-3-7-12/h6,13-16H,1-5,7-11H2. The van der Waals surface area contributed by atoms with Gasteiger partial charge < -0.3 is 10.4 Å². The third-order valence-corrected chi connectivity index (χ3v) is 4.09. The van der Waals surface area contributed by atoms with Gasteiger partial charge in [0.05, 0.1) is 6.61 Å². The Morgan fingerprint density at radius 3 is 2.81 bits per heavy atom. The van der Waals surface area contributed by atoms with E-state index in [-0.39, 0.29) is 6.61 Å². The number of aliphatic hydroxyl groups excluding tert-OH is 1. The van der Waals surface area contributed by atoms with Gasteiger partial charge in [-0.05, 0) is 44.4 Å². The van der Waals surface area contributed by atoms with Crippen LogP contribution in [0.5, 0.6) is 0 Å². The van der Waals surface area contributed by atoms with Gasteiger partial charge in [-0.2, -0.15) is 0 Å². The second-order valence-electron chi connectivity index (χ2n) is 5.20. The molecule has 0 aromatic rings. The van der Waals surface area contributed by atoms with Crippen molar-refractivity contribution < 1.29 is 5.11 Å². The Morgan fingerprint density at radius 2 is 2.06 bits per heavy atom. The Bertz CT molecular complexity index is 237. The van der Waals surface area contributed by atoms with E-state index in [9.17, 15) is 0 Å². The number of aliphatic hydroxyl groups is 1. The highest BCUT2D eigenvalue weighted by Crippen LogP contribution is 2.34. The van der Waals surface area contributed by atoms with Crippen LogP contribution in [0.1, 0.15) is 51.4 Å². The Kier molecular flexibility index (Phi) is 4.86. The summed E-state index contributed by atoms with van der Waals surface area (Å²) in [6.07, 6.45) is 13.3. The van der Waals surface area contributed by atoms with Crippen molar-refractivity contribution in [3.8, 4) is 0 Å². The van der Waals surface area contributed by atoms with Gasteiger partial charge in [0.2, 0.25) is 0 Å². The van der Waals surface area contributed by atoms with Gasteiger partial charge in [-0.3, -0.25) is 0 Å². The lowest BCUT2D eigenvalue weighted by molar-refractivity contribution is 0.245. The van der Waals surface area contributed by atoms with Gasteiger partial charge in [0.15, 0.2) is 0 Å². The van der Waals surface area contributed by atoms with Gasteiger partial charge in [-0.1, -0.05) is 24.5 Å². The minimum Gasteiger partial charge on any atom is -0.395 e. The van der Waals surface area contributed by atoms with E-state index in [1.165, 1.54) is 51.4 Å². The monoisotopic (exact) mass is 223 g/mol. The van der Waals surface area contributed by atoms with Gasteiger partial charge in [0.25, 0.3) is 0 Å². The van der Waals surface area contributed by atoms with E-state index in [0.717, 1.165) is 12.5 Å². The maximum Gasteiger partial charge on any atom is 0.0556 e. The lowest BCUT2D eigenvalue weighted by atomic mass is 9.76. The number of nitrogens with one attached hydrogen (secondary N) is 1. The van der Waals surface area contributed by atoms with Gasteiger partial charge in [-0.25, -0.2) is 0 Å². The molecule has 0 spiro atoms. The van der Waals surface area contributed by atoms with E-state index in [4.69, 9.17) is 5.11 Å². The van der Waals surface area contributed by atoms with Crippen LogP contribution < -0.4 is 5.32 Å². The highest BCUT2D eigenvalue weighted by Gasteiger charge is 2.27. The molecule has 1 saturated carbocycles. The molecule has 0 bridgehead atoms. The molecule has 0 radical (unpaired) electrons. The maximum atomic E-state index is 8.92. The fraction of sp³-hybridized carbons (Fsp3) is 0.857. The first-order chi connectivity index (χ1) is 7.92. The molecule has 2 rings (SSSR count). The second-order valence-corrected chi connectivity index (χ2v) is 5.20. The molecule has 2 aliphatic rings. The summed E-state index contributed by atoms with van der Waals surface area (Å²) in [4.78, 5) is 0. The predicted molar refractivity (Wildman–Crippen MR) is 67.4 cm³/mol. The quantitative estimate of drug-likeness (QED) is 0.718. The third-order valence-electron chi connectivity index (χ3n) is 4.09. The first-order valence-corrected chi connectivity index (χ1v) is 6.95. The van der Waals surface area contributed by atoms with Gasteiger partial charge in [0, 0.05) is 12.6 Å². The molecule has 0 saturated heterocycles. The first-order valence-electron chi connectivity index (χ1n) is 6.95. The minimum absolute atomic E-state index is 0.266. The summed E-state index contributed by atoms with van der Waals surface area (Å²) in [5.41, 5.74) is 1.71. The molecule has 0 amide bonds. The smallest absolute Gasteiger partial charge is 0.0556 e. The molecule has 2 unspecified atom stereocenters. The van der Waals surface area contributed by atoms with Crippen molar-refractivity contribution in [1.29, 1.82) is 0 Å². The van der Waals surface area contributed by atoms with E-state index in [0.29, 0.717) is 6.04 Å². The lowest BCUT2D eigenvalue weighted by Crippen LogP contribution is -2.40. The van der Waals surface area contributed by atoms with Crippen LogP contribution >= 0.6 is 0 Å². The zero-order chi connectivity index (χ0) is 11.2. The summed E-state index contributed by atoms with van der Waals surface area (Å²) in [5.74, 6) is 0.764. The topological polar surface area (TPSA) is 32.3 Å². The van der Waals surface area contributed by atoms with E-state index in [1.54, 1.807) is 5.57 Å². The molecule has 2 N–H and O–H groups in total. The summed E-state index contributed by atoms with van der Waals surface area (Å²) < 4.78 is 0. The van der Waals surface area contributed by atoms with Crippen LogP contribution in [-0.4, -0.2) is 24.3 Å². The molecule has 0 aliphatic heterocycles. The van der Waals surface area contributed by atoms with Crippen molar-refractivity contribution in [2.45, 2.75) is 57.4 Å². The number of hydrogen-bond acceptors (Lipinski definition) is 2. The van der Waals surface area contributed by atoms with Gasteiger partial charge >= 0.3 is 0 Å². The van der Waals surface area contributed by atoms with Crippen LogP contribution in [0.2, 0.25) is 0 Å². The Hall–Kier alpha value is -0.340. The van der Waals surface area contributed by atoms with Crippen LogP contribution in [0.15, 0.2) is 11.6 Å². The summed E-state index contributed by atoms with van der Waals surface area (Å²) in [5, 5.41) is 12.4. The average molecular weight is 223 g/mol. The molecule has 92 valence electrons. The van der Waals surface area contributed by atoms with Crippen molar-refractivity contribution in [3.05, 3.63) is 11.6 Å². The maximum absolute atomic E-state index is 8.92. The summed E-state index contributed by atoms with van der Waals surface area (Å²) >= 11 is 0. The van der Waals surface area contributed by atoms with Crippen LogP contribution in [0.3, 0.4) is 0 Å². The fourth-order valence-electron chi connectivity index (χ4n) is 3.27. The normalized spacial score (nSPS) is 31.2. The third kappa shape index (κ3) is 3.08. The van der Waals surface area contributed by atoms with E-state index in [1.807, 2.05) is 0 Å². The van der Waals surface area contributed by atoms with E-state index >= 15 is 0 Å². The average Bonchev–Trinajstić information content (AvgIpc) is 2.38. The van der Waals surface area contributed by atoms with E-state index < -0.39 is 0 Å². The molecule has 0 aromatic carbocycles. The Labute approximate surface area is 99.1 Å². The highest BCUT2D eigenvalue weighted by molar-refractivity contribution is 5.13. The van der Waals surface area contributed by atoms with Crippen molar-refractivity contribution >= 4 is 0 Å². The molecule has 2 atom stereocenters. The molecular formula is C14H25NO. The van der Waals surface area contributed by atoms with Crippen molar-refractivity contribution in [2.24, 2.45) is 5.92 Å². The molecule has 1 fully saturated rings. The SMILES string of the molecule is OCCNC1CCCCC1C1=CCCCC1. The highest BCUT2D eigenvalue weighted by atomic mass is 16.3. The number of allylic oxidation sites excluding steroid dienone is 1. The Morgan fingerprint density at radius 1 is 1.19 bits per heavy atom. The largest absolute Gasteiger partial charge is 0.395 e. The van der Waals surface area contributed by atoms with Gasteiger partial charge in [0.1, 0.15) is 0 Å². The number of hydrogen-bond donors (Lipinski definition) is 2.